The van der Waals surface area contributed by atoms with Gasteiger partial charge in [0.25, 0.3) is 10.1 Å². The van der Waals surface area contributed by atoms with Gasteiger partial charge >= 0.3 is 0 Å². The highest BCUT2D eigenvalue weighted by Gasteiger charge is 2.21. The van der Waals surface area contributed by atoms with Crippen LogP contribution in [0.2, 0.25) is 0 Å². The first-order valence-electron chi connectivity index (χ1n) is 5.98. The highest BCUT2D eigenvalue weighted by molar-refractivity contribution is 7.86. The van der Waals surface area contributed by atoms with Crippen LogP contribution in [-0.4, -0.2) is 19.3 Å². The molecule has 104 valence electrons. The molecule has 2 rings (SSSR count). The first kappa shape index (κ1) is 14.4. The van der Waals surface area contributed by atoms with Crippen LogP contribution in [0.3, 0.4) is 0 Å². The lowest BCUT2D eigenvalue weighted by molar-refractivity contribution is 0.112. The van der Waals surface area contributed by atoms with Gasteiger partial charge in [-0.2, -0.15) is 8.42 Å². The molecule has 20 heavy (non-hydrogen) atoms. The van der Waals surface area contributed by atoms with Gasteiger partial charge in [-0.15, -0.1) is 0 Å². The van der Waals surface area contributed by atoms with E-state index in [4.69, 9.17) is 0 Å². The lowest BCUT2D eigenvalue weighted by Crippen LogP contribution is -2.06. The molecule has 5 heteroatoms. The Labute approximate surface area is 117 Å². The van der Waals surface area contributed by atoms with Gasteiger partial charge in [-0.1, -0.05) is 30.3 Å². The molecule has 0 bridgehead atoms. The molecule has 0 saturated carbocycles. The lowest BCUT2D eigenvalue weighted by Gasteiger charge is -2.14. The highest BCUT2D eigenvalue weighted by Crippen LogP contribution is 2.32. The molecule has 0 aromatic heterocycles. The van der Waals surface area contributed by atoms with Crippen LogP contribution in [0.5, 0.6) is 0 Å². The number of hydrogen-bond acceptors (Lipinski definition) is 3. The van der Waals surface area contributed by atoms with Gasteiger partial charge in [0.15, 0.2) is 6.29 Å². The smallest absolute Gasteiger partial charge is 0.295 e. The molecule has 0 saturated heterocycles. The summed E-state index contributed by atoms with van der Waals surface area (Å²) >= 11 is 0. The summed E-state index contributed by atoms with van der Waals surface area (Å²) in [7, 11) is -4.44. The fourth-order valence-corrected chi connectivity index (χ4v) is 2.93. The van der Waals surface area contributed by atoms with Crippen molar-refractivity contribution < 1.29 is 17.8 Å². The molecule has 0 amide bonds. The average molecular weight is 290 g/mol. The SMILES string of the molecule is Cc1ccccc1-c1c(C)ccc(S(=O)(=O)O)c1C=O. The van der Waals surface area contributed by atoms with E-state index in [1.165, 1.54) is 6.07 Å². The molecule has 0 heterocycles. The zero-order valence-electron chi connectivity index (χ0n) is 11.1. The number of carbonyl (C=O) groups is 1. The van der Waals surface area contributed by atoms with Crippen LogP contribution in [0.4, 0.5) is 0 Å². The Bertz CT molecular complexity index is 776. The molecular weight excluding hydrogens is 276 g/mol. The Hall–Kier alpha value is -1.98. The topological polar surface area (TPSA) is 71.4 Å². The maximum Gasteiger partial charge on any atom is 0.295 e. The second kappa shape index (κ2) is 5.19. The molecule has 1 N–H and O–H groups in total. The van der Waals surface area contributed by atoms with Gasteiger partial charge in [0.2, 0.25) is 0 Å². The van der Waals surface area contributed by atoms with Crippen LogP contribution in [0.25, 0.3) is 11.1 Å². The Balaban J connectivity index is 2.90. The van der Waals surface area contributed by atoms with Crippen LogP contribution >= 0.6 is 0 Å². The van der Waals surface area contributed by atoms with Crippen LogP contribution in [0, 0.1) is 13.8 Å². The number of benzene rings is 2. The first-order chi connectivity index (χ1) is 9.36. The highest BCUT2D eigenvalue weighted by atomic mass is 32.2. The minimum Gasteiger partial charge on any atom is -0.298 e. The standard InChI is InChI=1S/C15H14O4S/c1-10-5-3-4-6-12(10)15-11(2)7-8-14(13(15)9-16)20(17,18)19/h3-9H,1-2H3,(H,17,18,19). The minimum atomic E-state index is -4.44. The molecule has 0 unspecified atom stereocenters. The van der Waals surface area contributed by atoms with Gasteiger partial charge in [0, 0.05) is 5.56 Å². The van der Waals surface area contributed by atoms with E-state index >= 15 is 0 Å². The van der Waals surface area contributed by atoms with E-state index in [9.17, 15) is 17.8 Å². The Morgan fingerprint density at radius 2 is 1.65 bits per heavy atom. The average Bonchev–Trinajstić information content (AvgIpc) is 2.38. The third-order valence-corrected chi connectivity index (χ3v) is 4.14. The second-order valence-corrected chi connectivity index (χ2v) is 5.97. The van der Waals surface area contributed by atoms with Gasteiger partial charge < -0.3 is 0 Å². The van der Waals surface area contributed by atoms with Crippen molar-refractivity contribution in [1.82, 2.24) is 0 Å². The van der Waals surface area contributed by atoms with Crippen molar-refractivity contribution in [2.24, 2.45) is 0 Å². The van der Waals surface area contributed by atoms with E-state index < -0.39 is 10.1 Å². The predicted molar refractivity (Wildman–Crippen MR) is 76.6 cm³/mol. The molecule has 2 aromatic rings. The zero-order chi connectivity index (χ0) is 14.9. The van der Waals surface area contributed by atoms with Crippen molar-refractivity contribution in [3.8, 4) is 11.1 Å². The normalized spacial score (nSPS) is 11.3. The van der Waals surface area contributed by atoms with Gasteiger partial charge in [-0.25, -0.2) is 0 Å². The summed E-state index contributed by atoms with van der Waals surface area (Å²) in [5.74, 6) is 0. The van der Waals surface area contributed by atoms with Crippen molar-refractivity contribution in [3.63, 3.8) is 0 Å². The van der Waals surface area contributed by atoms with E-state index in [2.05, 4.69) is 0 Å². The Kier molecular flexibility index (Phi) is 3.74. The van der Waals surface area contributed by atoms with Gasteiger partial charge in [0.05, 0.1) is 0 Å². The van der Waals surface area contributed by atoms with Gasteiger partial charge in [-0.3, -0.25) is 9.35 Å². The van der Waals surface area contributed by atoms with Crippen LogP contribution < -0.4 is 0 Å². The van der Waals surface area contributed by atoms with Crippen molar-refractivity contribution in [1.29, 1.82) is 0 Å². The molecule has 0 aliphatic heterocycles. The summed E-state index contributed by atoms with van der Waals surface area (Å²) in [6.07, 6.45) is 0.470. The van der Waals surface area contributed by atoms with Crippen LogP contribution in [0.1, 0.15) is 21.5 Å². The molecular formula is C15H14O4S. The third-order valence-electron chi connectivity index (χ3n) is 3.22. The monoisotopic (exact) mass is 290 g/mol. The maximum absolute atomic E-state index is 11.4. The molecule has 0 spiro atoms. The molecule has 4 nitrogen and oxygen atoms in total. The second-order valence-electron chi connectivity index (χ2n) is 4.58. The first-order valence-corrected chi connectivity index (χ1v) is 7.42. The fourth-order valence-electron chi connectivity index (χ4n) is 2.26. The molecule has 0 aliphatic carbocycles. The molecule has 2 aromatic carbocycles. The number of aryl methyl sites for hydroxylation is 2. The Morgan fingerprint density at radius 3 is 2.20 bits per heavy atom. The molecule has 0 atom stereocenters. The number of hydrogen-bond donors (Lipinski definition) is 1. The minimum absolute atomic E-state index is 0.0122. The maximum atomic E-state index is 11.4. The molecule has 0 radical (unpaired) electrons. The van der Waals surface area contributed by atoms with Crippen molar-refractivity contribution in [2.75, 3.05) is 0 Å². The van der Waals surface area contributed by atoms with E-state index in [1.54, 1.807) is 13.0 Å². The lowest BCUT2D eigenvalue weighted by atomic mass is 9.92. The molecule has 0 aliphatic rings. The van der Waals surface area contributed by atoms with E-state index in [0.29, 0.717) is 11.8 Å². The van der Waals surface area contributed by atoms with Crippen molar-refractivity contribution in [2.45, 2.75) is 18.7 Å². The fraction of sp³-hybridized carbons (Fsp3) is 0.133. The largest absolute Gasteiger partial charge is 0.298 e. The summed E-state index contributed by atoms with van der Waals surface area (Å²) in [6, 6.07) is 10.2. The zero-order valence-corrected chi connectivity index (χ0v) is 11.9. The summed E-state index contributed by atoms with van der Waals surface area (Å²) in [6.45, 7) is 3.67. The molecule has 0 fully saturated rings. The summed E-state index contributed by atoms with van der Waals surface area (Å²) < 4.78 is 32.0. The third kappa shape index (κ3) is 2.50. The number of rotatable bonds is 3. The number of aldehydes is 1. The van der Waals surface area contributed by atoms with Gasteiger partial charge in [0.1, 0.15) is 4.90 Å². The van der Waals surface area contributed by atoms with E-state index in [-0.39, 0.29) is 10.5 Å². The van der Waals surface area contributed by atoms with Crippen molar-refractivity contribution in [3.05, 3.63) is 53.1 Å². The van der Waals surface area contributed by atoms with Gasteiger partial charge in [-0.05, 0) is 42.2 Å². The van der Waals surface area contributed by atoms with E-state index in [1.807, 2.05) is 31.2 Å². The quantitative estimate of drug-likeness (QED) is 0.696. The summed E-state index contributed by atoms with van der Waals surface area (Å²) in [5.41, 5.74) is 2.99. The Morgan fingerprint density at radius 1 is 1.00 bits per heavy atom. The summed E-state index contributed by atoms with van der Waals surface area (Å²) in [4.78, 5) is 11.0. The number of carbonyl (C=O) groups excluding carboxylic acids is 1. The predicted octanol–water partition coefficient (Wildman–Crippen LogP) is 3.03. The van der Waals surface area contributed by atoms with Crippen LogP contribution in [0.15, 0.2) is 41.3 Å². The van der Waals surface area contributed by atoms with Crippen molar-refractivity contribution >= 4 is 16.4 Å². The van der Waals surface area contributed by atoms with Crippen LogP contribution in [-0.2, 0) is 10.1 Å². The van der Waals surface area contributed by atoms with E-state index in [0.717, 1.165) is 16.7 Å². The summed E-state index contributed by atoms with van der Waals surface area (Å²) in [5, 5.41) is 0.